The maximum Gasteiger partial charge on any atom is 0.251 e. The van der Waals surface area contributed by atoms with Crippen molar-refractivity contribution in [3.05, 3.63) is 83.4 Å². The number of carbonyl (C=O) groups excluding carboxylic acids is 2. The van der Waals surface area contributed by atoms with Crippen LogP contribution in [0, 0.1) is 0 Å². The van der Waals surface area contributed by atoms with Crippen molar-refractivity contribution in [2.45, 2.75) is 57.3 Å². The van der Waals surface area contributed by atoms with Gasteiger partial charge in [-0.15, -0.1) is 0 Å². The number of nitrogens with zero attached hydrogens (tertiary/aromatic N) is 2. The van der Waals surface area contributed by atoms with Crippen LogP contribution in [0.1, 0.15) is 60.0 Å². The minimum atomic E-state index is -0.969. The molecule has 1 aliphatic carbocycles. The van der Waals surface area contributed by atoms with Crippen LogP contribution in [0.25, 0.3) is 22.2 Å². The predicted octanol–water partition coefficient (Wildman–Crippen LogP) is 4.79. The Kier molecular flexibility index (Phi) is 7.26. The number of carbonyl (C=O) groups is 2. The lowest BCUT2D eigenvalue weighted by molar-refractivity contribution is -0.141. The van der Waals surface area contributed by atoms with Crippen LogP contribution >= 0.6 is 0 Å². The van der Waals surface area contributed by atoms with E-state index in [1.807, 2.05) is 48.5 Å². The maximum atomic E-state index is 13.1. The summed E-state index contributed by atoms with van der Waals surface area (Å²) in [6.07, 6.45) is 2.95. The fourth-order valence-corrected chi connectivity index (χ4v) is 5.48. The lowest BCUT2D eigenvalue weighted by Crippen LogP contribution is -2.45. The molecule has 3 aromatic carbocycles. The fraction of sp³-hybridized carbons (Fsp3) is 0.344. The van der Waals surface area contributed by atoms with E-state index in [2.05, 4.69) is 33.7 Å². The monoisotopic (exact) mass is 538 g/mol. The van der Waals surface area contributed by atoms with Crippen molar-refractivity contribution in [3.8, 4) is 17.0 Å². The van der Waals surface area contributed by atoms with Crippen LogP contribution in [0.4, 0.5) is 0 Å². The van der Waals surface area contributed by atoms with Gasteiger partial charge in [0.2, 0.25) is 0 Å². The summed E-state index contributed by atoms with van der Waals surface area (Å²) in [6.45, 7) is 3.17. The number of aliphatic hydroxyl groups is 1. The van der Waals surface area contributed by atoms with Crippen molar-refractivity contribution in [2.24, 2.45) is 0 Å². The van der Waals surface area contributed by atoms with Gasteiger partial charge in [-0.25, -0.2) is 0 Å². The van der Waals surface area contributed by atoms with Crippen molar-refractivity contribution in [1.29, 1.82) is 0 Å². The molecule has 3 N–H and O–H groups in total. The van der Waals surface area contributed by atoms with E-state index in [9.17, 15) is 14.7 Å². The molecule has 0 unspecified atom stereocenters. The van der Waals surface area contributed by atoms with Gasteiger partial charge >= 0.3 is 0 Å². The minimum Gasteiger partial charge on any atom is -0.490 e. The first-order valence-corrected chi connectivity index (χ1v) is 14.0. The lowest BCUT2D eigenvalue weighted by Gasteiger charge is -2.32. The Morgan fingerprint density at radius 2 is 1.80 bits per heavy atom. The molecule has 2 aliphatic rings. The van der Waals surface area contributed by atoms with Gasteiger partial charge in [0, 0.05) is 49.0 Å². The number of aromatic amines is 1. The molecule has 2 heterocycles. The van der Waals surface area contributed by atoms with E-state index in [0.29, 0.717) is 31.1 Å². The van der Waals surface area contributed by atoms with Crippen LogP contribution < -0.4 is 10.1 Å². The molecule has 2 fully saturated rings. The molecule has 8 nitrogen and oxygen atoms in total. The second-order valence-electron chi connectivity index (χ2n) is 10.8. The molecule has 6 rings (SSSR count). The number of rotatable bonds is 8. The Labute approximate surface area is 233 Å². The van der Waals surface area contributed by atoms with Crippen LogP contribution in [0.2, 0.25) is 0 Å². The van der Waals surface area contributed by atoms with E-state index in [0.717, 1.165) is 40.8 Å². The van der Waals surface area contributed by atoms with Gasteiger partial charge in [-0.2, -0.15) is 5.10 Å². The van der Waals surface area contributed by atoms with Crippen molar-refractivity contribution in [1.82, 2.24) is 20.4 Å². The number of aromatic nitrogens is 2. The van der Waals surface area contributed by atoms with Gasteiger partial charge in [-0.05, 0) is 79.3 Å². The molecule has 1 aromatic heterocycles. The van der Waals surface area contributed by atoms with Gasteiger partial charge in [-0.3, -0.25) is 14.7 Å². The largest absolute Gasteiger partial charge is 0.490 e. The van der Waals surface area contributed by atoms with Crippen molar-refractivity contribution >= 4 is 22.7 Å². The Morgan fingerprint density at radius 1 is 1.05 bits per heavy atom. The third kappa shape index (κ3) is 5.58. The van der Waals surface area contributed by atoms with E-state index in [1.54, 1.807) is 4.90 Å². The first-order valence-electron chi connectivity index (χ1n) is 14.0. The summed E-state index contributed by atoms with van der Waals surface area (Å²) >= 11 is 0. The number of amides is 2. The Morgan fingerprint density at radius 3 is 2.52 bits per heavy atom. The summed E-state index contributed by atoms with van der Waals surface area (Å²) in [5.41, 5.74) is 5.69. The van der Waals surface area contributed by atoms with E-state index < -0.39 is 6.10 Å². The number of hydrogen-bond donors (Lipinski definition) is 3. The summed E-state index contributed by atoms with van der Waals surface area (Å²) in [4.78, 5) is 26.7. The molecule has 4 aromatic rings. The smallest absolute Gasteiger partial charge is 0.251 e. The summed E-state index contributed by atoms with van der Waals surface area (Å²) in [7, 11) is 0. The second kappa shape index (κ2) is 11.1. The quantitative estimate of drug-likeness (QED) is 0.299. The zero-order valence-corrected chi connectivity index (χ0v) is 22.6. The molecule has 0 radical (unpaired) electrons. The lowest BCUT2D eigenvalue weighted by atomic mass is 10.0. The zero-order chi connectivity index (χ0) is 27.6. The van der Waals surface area contributed by atoms with Gasteiger partial charge in [-0.1, -0.05) is 24.3 Å². The van der Waals surface area contributed by atoms with Crippen LogP contribution in [0.5, 0.6) is 5.75 Å². The highest BCUT2D eigenvalue weighted by molar-refractivity contribution is 6.01. The third-order valence-electron chi connectivity index (χ3n) is 7.88. The van der Waals surface area contributed by atoms with E-state index in [4.69, 9.17) is 4.74 Å². The van der Waals surface area contributed by atoms with Gasteiger partial charge in [0.25, 0.3) is 11.8 Å². The molecule has 1 saturated carbocycles. The van der Waals surface area contributed by atoms with E-state index in [1.165, 1.54) is 30.9 Å². The van der Waals surface area contributed by atoms with Crippen molar-refractivity contribution in [2.75, 3.05) is 13.1 Å². The molecule has 0 bridgehead atoms. The van der Waals surface area contributed by atoms with Gasteiger partial charge < -0.3 is 20.1 Å². The van der Waals surface area contributed by atoms with Crippen LogP contribution in [-0.4, -0.2) is 57.3 Å². The molecule has 1 aliphatic heterocycles. The number of fused-ring (bicyclic) bond motifs is 1. The van der Waals surface area contributed by atoms with Gasteiger partial charge in [0.1, 0.15) is 18.0 Å². The molecule has 40 heavy (non-hydrogen) atoms. The number of nitrogens with one attached hydrogen (secondary N) is 2. The molecule has 8 heteroatoms. The third-order valence-corrected chi connectivity index (χ3v) is 7.88. The molecular weight excluding hydrogens is 504 g/mol. The summed E-state index contributed by atoms with van der Waals surface area (Å²) in [6, 6.07) is 21.8. The highest BCUT2D eigenvalue weighted by atomic mass is 16.5. The highest BCUT2D eigenvalue weighted by Crippen LogP contribution is 2.41. The number of H-pyrrole nitrogens is 1. The average molecular weight is 539 g/mol. The topological polar surface area (TPSA) is 108 Å². The molecule has 1 atom stereocenters. The first-order chi connectivity index (χ1) is 19.5. The molecule has 206 valence electrons. The van der Waals surface area contributed by atoms with Gasteiger partial charge in [0.05, 0.1) is 11.2 Å². The van der Waals surface area contributed by atoms with E-state index in [-0.39, 0.29) is 17.9 Å². The summed E-state index contributed by atoms with van der Waals surface area (Å²) in [5.74, 6) is 1.06. The van der Waals surface area contributed by atoms with Crippen LogP contribution in [0.15, 0.2) is 66.7 Å². The minimum absolute atomic E-state index is 0.0208. The number of benzene rings is 3. The first kappa shape index (κ1) is 26.1. The summed E-state index contributed by atoms with van der Waals surface area (Å²) in [5, 5.41) is 21.1. The number of hydrogen-bond acceptors (Lipinski definition) is 5. The van der Waals surface area contributed by atoms with Crippen LogP contribution in [-0.2, 0) is 11.3 Å². The molecule has 1 saturated heterocycles. The Balaban J connectivity index is 1.11. The normalized spacial score (nSPS) is 16.6. The number of likely N-dealkylation sites (tertiary alicyclic amines) is 1. The summed E-state index contributed by atoms with van der Waals surface area (Å²) < 4.78 is 6.16. The molecule has 2 amide bonds. The predicted molar refractivity (Wildman–Crippen MR) is 153 cm³/mol. The standard InChI is InChI=1S/C32H34N4O4/c1-20(37)32(39)36-16-14-26(15-17-36)40-25-11-8-22(9-12-25)30-28-18-23(10-13-29(28)34-35-30)31(38)33-19-24-4-2-3-5-27(24)21-6-7-21/h2-5,8-13,18,20-21,26,37H,6-7,14-17,19H2,1H3,(H,33,38)(H,34,35)/t20-/m1/s1. The van der Waals surface area contributed by atoms with Crippen molar-refractivity contribution in [3.63, 3.8) is 0 Å². The van der Waals surface area contributed by atoms with Crippen LogP contribution in [0.3, 0.4) is 0 Å². The molecule has 0 spiro atoms. The zero-order valence-electron chi connectivity index (χ0n) is 22.6. The number of aliphatic hydroxyl groups excluding tert-OH is 1. The Hall–Kier alpha value is -4.17. The SMILES string of the molecule is C[C@@H](O)C(=O)N1CCC(Oc2ccc(-c3n[nH]c4ccc(C(=O)NCc5ccccc5C5CC5)cc34)cc2)CC1. The maximum absolute atomic E-state index is 13.1. The number of ether oxygens (including phenoxy) is 1. The molecular formula is C32H34N4O4. The second-order valence-corrected chi connectivity index (χ2v) is 10.8. The highest BCUT2D eigenvalue weighted by Gasteiger charge is 2.27. The van der Waals surface area contributed by atoms with Crippen molar-refractivity contribution < 1.29 is 19.4 Å². The number of piperidine rings is 1. The van der Waals surface area contributed by atoms with Gasteiger partial charge in [0.15, 0.2) is 0 Å². The average Bonchev–Trinajstić information content (AvgIpc) is 3.75. The fourth-order valence-electron chi connectivity index (χ4n) is 5.48. The van der Waals surface area contributed by atoms with E-state index >= 15 is 0 Å². The Bertz CT molecular complexity index is 1520.